The third-order valence-electron chi connectivity index (χ3n) is 6.33. The number of anilines is 1. The number of piperidine rings is 2. The van der Waals surface area contributed by atoms with Gasteiger partial charge in [-0.15, -0.1) is 0 Å². The van der Waals surface area contributed by atoms with E-state index in [0.717, 1.165) is 45.3 Å². The lowest BCUT2D eigenvalue weighted by Crippen LogP contribution is -2.47. The zero-order chi connectivity index (χ0) is 21.0. The Balaban J connectivity index is 1.44. The van der Waals surface area contributed by atoms with Gasteiger partial charge in [0.2, 0.25) is 11.8 Å². The number of likely N-dealkylation sites (tertiary alicyclic amines) is 1. The number of hydrogen-bond donors (Lipinski definition) is 1. The molecule has 29 heavy (non-hydrogen) atoms. The summed E-state index contributed by atoms with van der Waals surface area (Å²) in [4.78, 5) is 28.8. The van der Waals surface area contributed by atoms with Crippen molar-refractivity contribution in [1.82, 2.24) is 10.2 Å². The van der Waals surface area contributed by atoms with Crippen molar-refractivity contribution in [3.63, 3.8) is 0 Å². The second kappa shape index (κ2) is 9.19. The molecule has 2 aliphatic heterocycles. The van der Waals surface area contributed by atoms with Crippen LogP contribution in [0.2, 0.25) is 0 Å². The van der Waals surface area contributed by atoms with Gasteiger partial charge in [-0.2, -0.15) is 0 Å². The molecule has 2 amide bonds. The number of nitrogens with zero attached hydrogens (tertiary/aromatic N) is 2. The van der Waals surface area contributed by atoms with E-state index < -0.39 is 0 Å². The molecule has 0 aromatic heterocycles. The van der Waals surface area contributed by atoms with Crippen LogP contribution < -0.4 is 10.2 Å². The van der Waals surface area contributed by atoms with E-state index in [1.807, 2.05) is 11.8 Å². The monoisotopic (exact) mass is 399 g/mol. The Labute approximate surface area is 175 Å². The van der Waals surface area contributed by atoms with Gasteiger partial charge in [0.15, 0.2) is 0 Å². The summed E-state index contributed by atoms with van der Waals surface area (Å²) in [5, 5.41) is 3.20. The van der Waals surface area contributed by atoms with Crippen LogP contribution in [0.25, 0.3) is 0 Å². The van der Waals surface area contributed by atoms with E-state index in [1.54, 1.807) is 0 Å². The number of benzene rings is 1. The summed E-state index contributed by atoms with van der Waals surface area (Å²) in [7, 11) is 0. The fraction of sp³-hybridized carbons (Fsp3) is 0.667. The second-order valence-electron chi connectivity index (χ2n) is 9.72. The molecule has 0 spiro atoms. The quantitative estimate of drug-likeness (QED) is 0.818. The molecule has 2 fully saturated rings. The number of carbonyl (C=O) groups excluding carboxylic acids is 2. The van der Waals surface area contributed by atoms with E-state index in [-0.39, 0.29) is 29.3 Å². The smallest absolute Gasteiger partial charge is 0.222 e. The molecular formula is C24H37N3O2. The van der Waals surface area contributed by atoms with Gasteiger partial charge >= 0.3 is 0 Å². The average Bonchev–Trinajstić information content (AvgIpc) is 2.68. The molecule has 5 heteroatoms. The van der Waals surface area contributed by atoms with E-state index in [1.165, 1.54) is 11.3 Å². The Bertz CT molecular complexity index is 700. The Morgan fingerprint density at radius 2 is 1.76 bits per heavy atom. The highest BCUT2D eigenvalue weighted by Crippen LogP contribution is 2.26. The lowest BCUT2D eigenvalue weighted by molar-refractivity contribution is -0.136. The van der Waals surface area contributed by atoms with E-state index in [0.29, 0.717) is 12.8 Å². The van der Waals surface area contributed by atoms with Crippen LogP contribution >= 0.6 is 0 Å². The largest absolute Gasteiger partial charge is 0.371 e. The van der Waals surface area contributed by atoms with Gasteiger partial charge in [0.05, 0.1) is 0 Å². The summed E-state index contributed by atoms with van der Waals surface area (Å²) in [5.74, 6) is 0.270. The van der Waals surface area contributed by atoms with Crippen molar-refractivity contribution in [1.29, 1.82) is 0 Å². The van der Waals surface area contributed by atoms with Crippen LogP contribution in [0, 0.1) is 0 Å². The number of rotatable bonds is 5. The Morgan fingerprint density at radius 3 is 2.34 bits per heavy atom. The summed E-state index contributed by atoms with van der Waals surface area (Å²) < 4.78 is 0. The molecule has 2 heterocycles. The minimum atomic E-state index is -0.00998. The van der Waals surface area contributed by atoms with Gasteiger partial charge in [-0.3, -0.25) is 9.59 Å². The summed E-state index contributed by atoms with van der Waals surface area (Å²) >= 11 is 0. The maximum absolute atomic E-state index is 12.5. The molecule has 1 aromatic rings. The third kappa shape index (κ3) is 5.74. The Hall–Kier alpha value is -2.04. The van der Waals surface area contributed by atoms with Crippen LogP contribution in [0.3, 0.4) is 0 Å². The molecule has 2 aliphatic rings. The van der Waals surface area contributed by atoms with Crippen molar-refractivity contribution in [3.05, 3.63) is 29.8 Å². The first-order chi connectivity index (χ1) is 13.7. The number of nitrogens with one attached hydrogen (secondary N) is 1. The molecule has 160 valence electrons. The van der Waals surface area contributed by atoms with Crippen LogP contribution in [0.4, 0.5) is 5.69 Å². The predicted octanol–water partition coefficient (Wildman–Crippen LogP) is 3.86. The molecule has 5 nitrogen and oxygen atoms in total. The topological polar surface area (TPSA) is 52.7 Å². The molecule has 2 saturated heterocycles. The van der Waals surface area contributed by atoms with Crippen molar-refractivity contribution in [2.45, 2.75) is 83.7 Å². The van der Waals surface area contributed by atoms with Crippen LogP contribution in [-0.4, -0.2) is 48.4 Å². The zero-order valence-electron chi connectivity index (χ0n) is 18.5. The summed E-state index contributed by atoms with van der Waals surface area (Å²) in [6, 6.07) is 9.12. The maximum Gasteiger partial charge on any atom is 0.222 e. The van der Waals surface area contributed by atoms with E-state index in [9.17, 15) is 9.59 Å². The second-order valence-corrected chi connectivity index (χ2v) is 9.72. The van der Waals surface area contributed by atoms with Crippen molar-refractivity contribution < 1.29 is 9.59 Å². The molecule has 1 atom stereocenters. The lowest BCUT2D eigenvalue weighted by Gasteiger charge is -2.35. The van der Waals surface area contributed by atoms with Gasteiger partial charge in [-0.25, -0.2) is 0 Å². The molecule has 0 radical (unpaired) electrons. The lowest BCUT2D eigenvalue weighted by atomic mass is 9.87. The minimum absolute atomic E-state index is 0.00998. The Morgan fingerprint density at radius 1 is 1.10 bits per heavy atom. The van der Waals surface area contributed by atoms with Crippen molar-refractivity contribution in [3.8, 4) is 0 Å². The first kappa shape index (κ1) is 21.7. The van der Waals surface area contributed by atoms with Gasteiger partial charge in [-0.1, -0.05) is 32.9 Å². The summed E-state index contributed by atoms with van der Waals surface area (Å²) in [6.07, 6.45) is 4.98. The highest BCUT2D eigenvalue weighted by Gasteiger charge is 2.26. The van der Waals surface area contributed by atoms with Gasteiger partial charge in [0.1, 0.15) is 0 Å². The van der Waals surface area contributed by atoms with Gasteiger partial charge in [0, 0.05) is 50.2 Å². The van der Waals surface area contributed by atoms with Crippen LogP contribution in [0.1, 0.15) is 71.8 Å². The average molecular weight is 400 g/mol. The Kier molecular flexibility index (Phi) is 6.86. The normalized spacial score (nSPS) is 19.9. The highest BCUT2D eigenvalue weighted by atomic mass is 16.2. The molecule has 0 bridgehead atoms. The maximum atomic E-state index is 12.5. The van der Waals surface area contributed by atoms with Crippen LogP contribution in [0.5, 0.6) is 0 Å². The molecule has 0 aliphatic carbocycles. The highest BCUT2D eigenvalue weighted by molar-refractivity contribution is 5.80. The van der Waals surface area contributed by atoms with Crippen LogP contribution in [0.15, 0.2) is 24.3 Å². The third-order valence-corrected chi connectivity index (χ3v) is 6.33. The summed E-state index contributed by atoms with van der Waals surface area (Å²) in [6.45, 7) is 11.4. The molecule has 0 saturated carbocycles. The van der Waals surface area contributed by atoms with Gasteiger partial charge < -0.3 is 15.1 Å². The molecule has 1 aromatic carbocycles. The minimum Gasteiger partial charge on any atom is -0.371 e. The number of amides is 2. The van der Waals surface area contributed by atoms with E-state index >= 15 is 0 Å². The molecular weight excluding hydrogens is 362 g/mol. The number of hydrogen-bond acceptors (Lipinski definition) is 3. The van der Waals surface area contributed by atoms with Crippen molar-refractivity contribution in [2.24, 2.45) is 0 Å². The molecule has 1 unspecified atom stereocenters. The van der Waals surface area contributed by atoms with E-state index in [2.05, 4.69) is 55.3 Å². The first-order valence-electron chi connectivity index (χ1n) is 11.2. The fourth-order valence-corrected chi connectivity index (χ4v) is 4.41. The van der Waals surface area contributed by atoms with Crippen molar-refractivity contribution in [2.75, 3.05) is 24.5 Å². The van der Waals surface area contributed by atoms with Crippen molar-refractivity contribution >= 4 is 17.5 Å². The van der Waals surface area contributed by atoms with Crippen LogP contribution in [-0.2, 0) is 15.0 Å². The summed E-state index contributed by atoms with van der Waals surface area (Å²) in [5.41, 5.74) is 2.79. The fourth-order valence-electron chi connectivity index (χ4n) is 4.41. The SMILES string of the molecule is CC(CC(=O)NC1CCN(c2ccc(C(C)(C)C)cc2)CC1)N1CCCCC1=O. The predicted molar refractivity (Wildman–Crippen MR) is 118 cm³/mol. The van der Waals surface area contributed by atoms with E-state index in [4.69, 9.17) is 0 Å². The van der Waals surface area contributed by atoms with Gasteiger partial charge in [-0.05, 0) is 55.7 Å². The molecule has 1 N–H and O–H groups in total. The first-order valence-corrected chi connectivity index (χ1v) is 11.2. The standard InChI is InChI=1S/C24H37N3O2/c1-18(27-14-6-5-7-23(27)29)17-22(28)25-20-12-15-26(16-13-20)21-10-8-19(9-11-21)24(2,3)4/h8-11,18,20H,5-7,12-17H2,1-4H3,(H,25,28). The van der Waals surface area contributed by atoms with Gasteiger partial charge in [0.25, 0.3) is 0 Å². The number of carbonyl (C=O) groups is 2. The molecule has 3 rings (SSSR count). The zero-order valence-corrected chi connectivity index (χ0v) is 18.5.